The summed E-state index contributed by atoms with van der Waals surface area (Å²) in [6, 6.07) is 17.4. The van der Waals surface area contributed by atoms with Gasteiger partial charge in [0.05, 0.1) is 16.7 Å². The average Bonchev–Trinajstić information content (AvgIpc) is 2.49. The Hall–Kier alpha value is -1.90. The second-order valence-corrected chi connectivity index (χ2v) is 5.83. The van der Waals surface area contributed by atoms with Crippen LogP contribution < -0.4 is 4.74 Å². The molecular weight excluding hydrogens is 319 g/mol. The molecule has 0 atom stereocenters. The Kier molecular flexibility index (Phi) is 4.41. The van der Waals surface area contributed by atoms with Crippen molar-refractivity contribution < 1.29 is 9.84 Å². The number of hydrogen-bond acceptors (Lipinski definition) is 2. The van der Waals surface area contributed by atoms with Crippen LogP contribution in [0.5, 0.6) is 11.5 Å². The van der Waals surface area contributed by atoms with E-state index in [4.69, 9.17) is 27.9 Å². The molecule has 0 bridgehead atoms. The fraction of sp³-hybridized carbons (Fsp3) is 0.111. The molecular formula is C18H14Cl2O2. The Balaban J connectivity index is 1.70. The van der Waals surface area contributed by atoms with Crippen molar-refractivity contribution in [2.24, 2.45) is 0 Å². The van der Waals surface area contributed by atoms with Crippen molar-refractivity contribution in [2.45, 2.75) is 6.42 Å². The van der Waals surface area contributed by atoms with Gasteiger partial charge in [-0.05, 0) is 16.3 Å². The highest BCUT2D eigenvalue weighted by Gasteiger charge is 2.09. The van der Waals surface area contributed by atoms with Gasteiger partial charge in [-0.1, -0.05) is 65.7 Å². The minimum atomic E-state index is 0.0249. The fourth-order valence-corrected chi connectivity index (χ4v) is 2.93. The first-order valence-electron chi connectivity index (χ1n) is 6.92. The molecule has 0 heterocycles. The zero-order valence-corrected chi connectivity index (χ0v) is 13.2. The molecule has 0 radical (unpaired) electrons. The number of ether oxygens (including phenoxy) is 1. The lowest BCUT2D eigenvalue weighted by atomic mass is 10.1. The van der Waals surface area contributed by atoms with Crippen molar-refractivity contribution in [3.63, 3.8) is 0 Å². The summed E-state index contributed by atoms with van der Waals surface area (Å²) in [5.41, 5.74) is 1.18. The van der Waals surface area contributed by atoms with Crippen LogP contribution in [-0.4, -0.2) is 11.7 Å². The van der Waals surface area contributed by atoms with Gasteiger partial charge in [-0.25, -0.2) is 0 Å². The minimum absolute atomic E-state index is 0.0249. The smallest absolute Gasteiger partial charge is 0.156 e. The van der Waals surface area contributed by atoms with Gasteiger partial charge in [0.2, 0.25) is 0 Å². The lowest BCUT2D eigenvalue weighted by Gasteiger charge is -2.10. The first kappa shape index (κ1) is 15.0. The van der Waals surface area contributed by atoms with Gasteiger partial charge in [0, 0.05) is 18.6 Å². The topological polar surface area (TPSA) is 29.5 Å². The molecule has 3 aromatic carbocycles. The van der Waals surface area contributed by atoms with Crippen LogP contribution in [0.4, 0.5) is 0 Å². The summed E-state index contributed by atoms with van der Waals surface area (Å²) in [6.45, 7) is 0.461. The van der Waals surface area contributed by atoms with Crippen LogP contribution >= 0.6 is 23.2 Å². The van der Waals surface area contributed by atoms with E-state index in [2.05, 4.69) is 30.3 Å². The van der Waals surface area contributed by atoms with Crippen LogP contribution in [0.15, 0.2) is 54.6 Å². The number of halogens is 2. The van der Waals surface area contributed by atoms with Gasteiger partial charge < -0.3 is 9.84 Å². The molecule has 0 saturated carbocycles. The van der Waals surface area contributed by atoms with E-state index >= 15 is 0 Å². The number of phenolic OH excluding ortho intramolecular Hbond substituents is 1. The minimum Gasteiger partial charge on any atom is -0.508 e. The number of fused-ring (bicyclic) bond motifs is 1. The molecule has 22 heavy (non-hydrogen) atoms. The molecule has 0 aliphatic heterocycles. The molecule has 112 valence electrons. The number of hydrogen-bond donors (Lipinski definition) is 1. The highest BCUT2D eigenvalue weighted by Crippen LogP contribution is 2.36. The summed E-state index contributed by atoms with van der Waals surface area (Å²) in [7, 11) is 0. The monoisotopic (exact) mass is 332 g/mol. The Labute approximate surface area is 138 Å². The summed E-state index contributed by atoms with van der Waals surface area (Å²) >= 11 is 12.1. The van der Waals surface area contributed by atoms with Gasteiger partial charge in [-0.2, -0.15) is 0 Å². The highest BCUT2D eigenvalue weighted by molar-refractivity contribution is 6.37. The van der Waals surface area contributed by atoms with E-state index in [9.17, 15) is 5.11 Å². The quantitative estimate of drug-likeness (QED) is 0.686. The van der Waals surface area contributed by atoms with Gasteiger partial charge in [-0.15, -0.1) is 0 Å². The molecule has 0 spiro atoms. The number of phenols is 1. The van der Waals surface area contributed by atoms with E-state index in [1.807, 2.05) is 12.1 Å². The first-order chi connectivity index (χ1) is 10.6. The third-order valence-corrected chi connectivity index (χ3v) is 4.00. The fourth-order valence-electron chi connectivity index (χ4n) is 2.35. The Bertz CT molecular complexity index is 792. The summed E-state index contributed by atoms with van der Waals surface area (Å²) in [5.74, 6) is 0.429. The second-order valence-electron chi connectivity index (χ2n) is 5.02. The van der Waals surface area contributed by atoms with Crippen LogP contribution in [0.1, 0.15) is 5.56 Å². The van der Waals surface area contributed by atoms with Gasteiger partial charge in [-0.3, -0.25) is 0 Å². The van der Waals surface area contributed by atoms with E-state index in [1.54, 1.807) is 0 Å². The average molecular weight is 333 g/mol. The van der Waals surface area contributed by atoms with E-state index < -0.39 is 0 Å². The van der Waals surface area contributed by atoms with E-state index in [0.29, 0.717) is 22.4 Å². The van der Waals surface area contributed by atoms with Crippen molar-refractivity contribution in [1.82, 2.24) is 0 Å². The predicted octanol–water partition coefficient (Wildman–Crippen LogP) is 5.47. The van der Waals surface area contributed by atoms with Gasteiger partial charge in [0.25, 0.3) is 0 Å². The van der Waals surface area contributed by atoms with Gasteiger partial charge in [0.1, 0.15) is 5.75 Å². The molecule has 1 N–H and O–H groups in total. The largest absolute Gasteiger partial charge is 0.508 e. The maximum atomic E-state index is 9.40. The molecule has 0 aliphatic carbocycles. The molecule has 0 unspecified atom stereocenters. The van der Waals surface area contributed by atoms with Crippen molar-refractivity contribution in [3.05, 3.63) is 70.2 Å². The van der Waals surface area contributed by atoms with Crippen LogP contribution in [-0.2, 0) is 6.42 Å². The van der Waals surface area contributed by atoms with Crippen LogP contribution in [0.3, 0.4) is 0 Å². The molecule has 0 aromatic heterocycles. The van der Waals surface area contributed by atoms with Crippen molar-refractivity contribution in [2.75, 3.05) is 6.61 Å². The van der Waals surface area contributed by atoms with Gasteiger partial charge in [0.15, 0.2) is 5.75 Å². The van der Waals surface area contributed by atoms with E-state index in [0.717, 1.165) is 6.42 Å². The second kappa shape index (κ2) is 6.47. The standard InChI is InChI=1S/C18H14Cl2O2/c19-16-10-15(21)11-17(20)18(16)22-8-7-12-5-6-13-3-1-2-4-14(13)9-12/h1-6,9-11,21H,7-8H2. The summed E-state index contributed by atoms with van der Waals surface area (Å²) < 4.78 is 5.66. The third kappa shape index (κ3) is 3.29. The third-order valence-electron chi connectivity index (χ3n) is 3.43. The Morgan fingerprint density at radius 3 is 2.27 bits per heavy atom. The van der Waals surface area contributed by atoms with Crippen LogP contribution in [0, 0.1) is 0 Å². The van der Waals surface area contributed by atoms with E-state index in [1.165, 1.54) is 28.5 Å². The lowest BCUT2D eigenvalue weighted by molar-refractivity contribution is 0.322. The molecule has 0 aliphatic rings. The maximum Gasteiger partial charge on any atom is 0.156 e. The summed E-state index contributed by atoms with van der Waals surface area (Å²) in [4.78, 5) is 0. The Morgan fingerprint density at radius 2 is 1.55 bits per heavy atom. The van der Waals surface area contributed by atoms with Crippen LogP contribution in [0.25, 0.3) is 10.8 Å². The number of benzene rings is 3. The first-order valence-corrected chi connectivity index (χ1v) is 7.67. The van der Waals surface area contributed by atoms with Crippen molar-refractivity contribution in [3.8, 4) is 11.5 Å². The number of aromatic hydroxyl groups is 1. The normalized spacial score (nSPS) is 10.8. The summed E-state index contributed by atoms with van der Waals surface area (Å²) in [5, 5.41) is 12.4. The molecule has 4 heteroatoms. The SMILES string of the molecule is Oc1cc(Cl)c(OCCc2ccc3ccccc3c2)c(Cl)c1. The molecule has 3 rings (SSSR count). The van der Waals surface area contributed by atoms with E-state index in [-0.39, 0.29) is 5.75 Å². The van der Waals surface area contributed by atoms with Crippen molar-refractivity contribution in [1.29, 1.82) is 0 Å². The maximum absolute atomic E-state index is 9.40. The summed E-state index contributed by atoms with van der Waals surface area (Å²) in [6.07, 6.45) is 0.748. The molecule has 0 saturated heterocycles. The molecule has 0 amide bonds. The number of rotatable bonds is 4. The molecule has 2 nitrogen and oxygen atoms in total. The zero-order chi connectivity index (χ0) is 15.5. The molecule has 0 fully saturated rings. The lowest BCUT2D eigenvalue weighted by Crippen LogP contribution is -2.02. The molecule has 3 aromatic rings. The highest BCUT2D eigenvalue weighted by atomic mass is 35.5. The van der Waals surface area contributed by atoms with Gasteiger partial charge >= 0.3 is 0 Å². The zero-order valence-electron chi connectivity index (χ0n) is 11.7. The van der Waals surface area contributed by atoms with Crippen LogP contribution in [0.2, 0.25) is 10.0 Å². The Morgan fingerprint density at radius 1 is 0.864 bits per heavy atom. The predicted molar refractivity (Wildman–Crippen MR) is 91.3 cm³/mol. The van der Waals surface area contributed by atoms with Crippen molar-refractivity contribution >= 4 is 34.0 Å².